The number of hydrogen-bond acceptors (Lipinski definition) is 3. The molecule has 2 heterocycles. The van der Waals surface area contributed by atoms with Crippen LogP contribution in [0.2, 0.25) is 5.02 Å². The van der Waals surface area contributed by atoms with Gasteiger partial charge >= 0.3 is 0 Å². The van der Waals surface area contributed by atoms with Gasteiger partial charge in [-0.25, -0.2) is 4.98 Å². The first-order chi connectivity index (χ1) is 15.1. The largest absolute Gasteiger partial charge is 0.496 e. The molecule has 3 aromatic carbocycles. The lowest BCUT2D eigenvalue weighted by Crippen LogP contribution is -2.19. The number of halogens is 1. The Kier molecular flexibility index (Phi) is 4.75. The van der Waals surface area contributed by atoms with Crippen LogP contribution in [0.1, 0.15) is 11.4 Å². The summed E-state index contributed by atoms with van der Waals surface area (Å²) in [5.41, 5.74) is 3.61. The summed E-state index contributed by atoms with van der Waals surface area (Å²) in [6.45, 7) is 0. The number of para-hydroxylation sites is 2. The van der Waals surface area contributed by atoms with Crippen LogP contribution in [0.4, 0.5) is 0 Å². The van der Waals surface area contributed by atoms with Gasteiger partial charge < -0.3 is 9.30 Å². The average molecular weight is 430 g/mol. The van der Waals surface area contributed by atoms with Gasteiger partial charge in [-0.3, -0.25) is 9.36 Å². The topological polar surface area (TPSA) is 49.0 Å². The standard InChI is InChI=1S/C25H20ClN3O2/c1-28-22(14-16-8-6-7-11-21(16)31-2)27-23-24(28)19-13-12-17(26)15-20(19)29(25(23)30)18-9-4-3-5-10-18/h3-13,15H,14H2,1-2H3. The molecule has 0 aliphatic rings. The van der Waals surface area contributed by atoms with E-state index in [9.17, 15) is 4.79 Å². The highest BCUT2D eigenvalue weighted by Crippen LogP contribution is 2.29. The van der Waals surface area contributed by atoms with Crippen molar-refractivity contribution in [1.29, 1.82) is 0 Å². The van der Waals surface area contributed by atoms with Crippen molar-refractivity contribution in [2.75, 3.05) is 7.11 Å². The van der Waals surface area contributed by atoms with E-state index in [1.807, 2.05) is 84.4 Å². The summed E-state index contributed by atoms with van der Waals surface area (Å²) in [6.07, 6.45) is 0.551. The monoisotopic (exact) mass is 429 g/mol. The second-order valence-corrected chi connectivity index (χ2v) is 7.85. The Bertz CT molecular complexity index is 1490. The maximum absolute atomic E-state index is 13.6. The Labute approximate surface area is 184 Å². The van der Waals surface area contributed by atoms with E-state index < -0.39 is 0 Å². The van der Waals surface area contributed by atoms with E-state index in [1.54, 1.807) is 11.7 Å². The zero-order valence-corrected chi connectivity index (χ0v) is 17.9. The van der Waals surface area contributed by atoms with E-state index in [1.165, 1.54) is 0 Å². The molecule has 5 aromatic rings. The van der Waals surface area contributed by atoms with Gasteiger partial charge in [0.1, 0.15) is 11.6 Å². The molecule has 0 radical (unpaired) electrons. The number of aryl methyl sites for hydroxylation is 1. The lowest BCUT2D eigenvalue weighted by molar-refractivity contribution is 0.410. The fraction of sp³-hybridized carbons (Fsp3) is 0.120. The van der Waals surface area contributed by atoms with Crippen LogP contribution in [0.5, 0.6) is 5.75 Å². The summed E-state index contributed by atoms with van der Waals surface area (Å²) in [6, 6.07) is 23.0. The van der Waals surface area contributed by atoms with Gasteiger partial charge in [-0.05, 0) is 36.4 Å². The maximum Gasteiger partial charge on any atom is 0.283 e. The summed E-state index contributed by atoms with van der Waals surface area (Å²) < 4.78 is 9.18. The van der Waals surface area contributed by atoms with Crippen molar-refractivity contribution in [1.82, 2.24) is 14.1 Å². The molecule has 0 unspecified atom stereocenters. The number of rotatable bonds is 4. The first-order valence-electron chi connectivity index (χ1n) is 9.95. The normalized spacial score (nSPS) is 11.3. The third-order valence-corrected chi connectivity index (χ3v) is 5.84. The van der Waals surface area contributed by atoms with Gasteiger partial charge in [-0.2, -0.15) is 0 Å². The van der Waals surface area contributed by atoms with Crippen LogP contribution >= 0.6 is 11.6 Å². The Morgan fingerprint density at radius 1 is 1.00 bits per heavy atom. The molecule has 2 aromatic heterocycles. The molecule has 0 amide bonds. The number of hydrogen-bond donors (Lipinski definition) is 0. The molecule has 0 saturated carbocycles. The van der Waals surface area contributed by atoms with Gasteiger partial charge in [-0.1, -0.05) is 48.0 Å². The number of benzene rings is 3. The zero-order chi connectivity index (χ0) is 21.5. The smallest absolute Gasteiger partial charge is 0.283 e. The summed E-state index contributed by atoms with van der Waals surface area (Å²) in [4.78, 5) is 18.4. The third-order valence-electron chi connectivity index (χ3n) is 5.60. The van der Waals surface area contributed by atoms with Crippen molar-refractivity contribution in [3.8, 4) is 11.4 Å². The summed E-state index contributed by atoms with van der Waals surface area (Å²) in [5, 5.41) is 1.50. The summed E-state index contributed by atoms with van der Waals surface area (Å²) in [7, 11) is 3.60. The Morgan fingerprint density at radius 2 is 1.74 bits per heavy atom. The van der Waals surface area contributed by atoms with Crippen molar-refractivity contribution in [2.45, 2.75) is 6.42 Å². The van der Waals surface area contributed by atoms with Gasteiger partial charge in [0, 0.05) is 35.1 Å². The SMILES string of the molecule is COc1ccccc1Cc1nc2c(=O)n(-c3ccccc3)c3cc(Cl)ccc3c2n1C. The minimum Gasteiger partial charge on any atom is -0.496 e. The van der Waals surface area contributed by atoms with Crippen LogP contribution in [0, 0.1) is 0 Å². The lowest BCUT2D eigenvalue weighted by atomic mass is 10.1. The Morgan fingerprint density at radius 3 is 2.52 bits per heavy atom. The van der Waals surface area contributed by atoms with Crippen LogP contribution < -0.4 is 10.3 Å². The van der Waals surface area contributed by atoms with E-state index >= 15 is 0 Å². The minimum atomic E-state index is -0.169. The van der Waals surface area contributed by atoms with E-state index in [0.29, 0.717) is 17.0 Å². The van der Waals surface area contributed by atoms with Gasteiger partial charge in [0.05, 0.1) is 18.1 Å². The maximum atomic E-state index is 13.6. The molecular weight excluding hydrogens is 410 g/mol. The van der Waals surface area contributed by atoms with Crippen molar-refractivity contribution >= 4 is 33.5 Å². The van der Waals surface area contributed by atoms with Crippen LogP contribution in [-0.2, 0) is 13.5 Å². The number of fused-ring (bicyclic) bond motifs is 3. The Hall–Kier alpha value is -3.57. The van der Waals surface area contributed by atoms with Gasteiger partial charge in [0.15, 0.2) is 5.52 Å². The van der Waals surface area contributed by atoms with Gasteiger partial charge in [0.25, 0.3) is 5.56 Å². The first-order valence-corrected chi connectivity index (χ1v) is 10.3. The van der Waals surface area contributed by atoms with Crippen molar-refractivity contribution < 1.29 is 4.74 Å². The molecule has 0 bridgehead atoms. The van der Waals surface area contributed by atoms with Crippen LogP contribution in [-0.4, -0.2) is 21.2 Å². The van der Waals surface area contributed by atoms with Crippen molar-refractivity contribution in [2.24, 2.45) is 7.05 Å². The molecule has 154 valence electrons. The molecule has 5 rings (SSSR count). The van der Waals surface area contributed by atoms with E-state index in [2.05, 4.69) is 0 Å². The molecule has 6 heteroatoms. The molecular formula is C25H20ClN3O2. The summed E-state index contributed by atoms with van der Waals surface area (Å²) in [5.74, 6) is 1.59. The molecule has 0 spiro atoms. The second-order valence-electron chi connectivity index (χ2n) is 7.41. The number of imidazole rings is 1. The van der Waals surface area contributed by atoms with Crippen molar-refractivity contribution in [3.63, 3.8) is 0 Å². The fourth-order valence-corrected chi connectivity index (χ4v) is 4.28. The number of pyridine rings is 1. The average Bonchev–Trinajstić information content (AvgIpc) is 3.11. The lowest BCUT2D eigenvalue weighted by Gasteiger charge is -2.12. The molecule has 5 nitrogen and oxygen atoms in total. The molecule has 0 fully saturated rings. The van der Waals surface area contributed by atoms with Crippen LogP contribution in [0.25, 0.3) is 27.6 Å². The molecule has 0 aliphatic carbocycles. The highest BCUT2D eigenvalue weighted by molar-refractivity contribution is 6.31. The molecule has 31 heavy (non-hydrogen) atoms. The number of nitrogens with zero attached hydrogens (tertiary/aromatic N) is 3. The molecule has 0 N–H and O–H groups in total. The fourth-order valence-electron chi connectivity index (χ4n) is 4.12. The van der Waals surface area contributed by atoms with Gasteiger partial charge in [0.2, 0.25) is 0 Å². The summed E-state index contributed by atoms with van der Waals surface area (Å²) >= 11 is 6.32. The van der Waals surface area contributed by atoms with E-state index in [-0.39, 0.29) is 5.56 Å². The van der Waals surface area contributed by atoms with Crippen molar-refractivity contribution in [3.05, 3.63) is 99.6 Å². The third kappa shape index (κ3) is 3.18. The van der Waals surface area contributed by atoms with Crippen LogP contribution in [0.15, 0.2) is 77.6 Å². The van der Waals surface area contributed by atoms with Gasteiger partial charge in [-0.15, -0.1) is 0 Å². The molecule has 0 aliphatic heterocycles. The Balaban J connectivity index is 1.82. The predicted molar refractivity (Wildman–Crippen MR) is 125 cm³/mol. The number of methoxy groups -OCH3 is 1. The minimum absolute atomic E-state index is 0.169. The molecule has 0 atom stereocenters. The van der Waals surface area contributed by atoms with Crippen LogP contribution in [0.3, 0.4) is 0 Å². The van der Waals surface area contributed by atoms with E-state index in [0.717, 1.165) is 39.2 Å². The predicted octanol–water partition coefficient (Wildman–Crippen LogP) is 5.13. The number of ether oxygens (including phenoxy) is 1. The highest BCUT2D eigenvalue weighted by Gasteiger charge is 2.19. The second kappa shape index (κ2) is 7.60. The van der Waals surface area contributed by atoms with E-state index in [4.69, 9.17) is 21.3 Å². The quantitative estimate of drug-likeness (QED) is 0.398. The highest BCUT2D eigenvalue weighted by atomic mass is 35.5. The zero-order valence-electron chi connectivity index (χ0n) is 17.2. The first kappa shape index (κ1) is 19.4. The molecule has 0 saturated heterocycles. The number of aromatic nitrogens is 3.